The number of nitrogens with one attached hydrogen (secondary N) is 2. The second kappa shape index (κ2) is 11.3. The summed E-state index contributed by atoms with van der Waals surface area (Å²) in [5.74, 6) is -0.486. The molecule has 0 aromatic heterocycles. The minimum atomic E-state index is -0.499. The number of hydrogen-bond donors (Lipinski definition) is 2. The molecule has 0 saturated heterocycles. The molecule has 152 valence electrons. The monoisotopic (exact) mass is 430 g/mol. The molecule has 0 aliphatic heterocycles. The van der Waals surface area contributed by atoms with Crippen LogP contribution in [0.3, 0.4) is 0 Å². The van der Waals surface area contributed by atoms with Crippen molar-refractivity contribution < 1.29 is 19.1 Å². The molecular formula is C21H22N2O4S2. The maximum absolute atomic E-state index is 11.8. The van der Waals surface area contributed by atoms with E-state index in [-0.39, 0.29) is 30.3 Å². The van der Waals surface area contributed by atoms with Crippen molar-refractivity contribution in [3.8, 4) is 0 Å². The highest BCUT2D eigenvalue weighted by Gasteiger charge is 2.11. The van der Waals surface area contributed by atoms with Gasteiger partial charge in [0.2, 0.25) is 0 Å². The van der Waals surface area contributed by atoms with Gasteiger partial charge in [-0.05, 0) is 68.5 Å². The smallest absolute Gasteiger partial charge is 0.313 e. The van der Waals surface area contributed by atoms with Crippen LogP contribution in [0.25, 0.3) is 0 Å². The van der Waals surface area contributed by atoms with Crippen LogP contribution in [0.2, 0.25) is 0 Å². The van der Waals surface area contributed by atoms with Gasteiger partial charge in [-0.25, -0.2) is 0 Å². The van der Waals surface area contributed by atoms with E-state index in [1.54, 1.807) is 31.2 Å². The SMILES string of the molecule is CCOC(=O)CC(=O)CSc1cccc(NC(=S)Nc2ccc(C(C)=O)cc2)c1. The van der Waals surface area contributed by atoms with Crippen LogP contribution < -0.4 is 10.6 Å². The average Bonchev–Trinajstić information content (AvgIpc) is 2.67. The van der Waals surface area contributed by atoms with Crippen molar-refractivity contribution in [2.45, 2.75) is 25.2 Å². The topological polar surface area (TPSA) is 84.5 Å². The highest BCUT2D eigenvalue weighted by atomic mass is 32.2. The molecule has 0 bridgehead atoms. The summed E-state index contributed by atoms with van der Waals surface area (Å²) >= 11 is 6.67. The Kier molecular flexibility index (Phi) is 8.82. The molecule has 0 atom stereocenters. The first-order valence-corrected chi connectivity index (χ1v) is 10.4. The van der Waals surface area contributed by atoms with Crippen molar-refractivity contribution in [3.63, 3.8) is 0 Å². The lowest BCUT2D eigenvalue weighted by atomic mass is 10.1. The van der Waals surface area contributed by atoms with Crippen LogP contribution in [0.1, 0.15) is 30.6 Å². The predicted octanol–water partition coefficient (Wildman–Crippen LogP) is 4.31. The summed E-state index contributed by atoms with van der Waals surface area (Å²) in [6.07, 6.45) is -0.213. The van der Waals surface area contributed by atoms with E-state index in [0.717, 1.165) is 16.3 Å². The normalized spacial score (nSPS) is 10.1. The van der Waals surface area contributed by atoms with E-state index in [0.29, 0.717) is 10.7 Å². The quantitative estimate of drug-likeness (QED) is 0.200. The Morgan fingerprint density at radius 2 is 1.72 bits per heavy atom. The van der Waals surface area contributed by atoms with Crippen LogP contribution in [-0.2, 0) is 14.3 Å². The van der Waals surface area contributed by atoms with Gasteiger partial charge < -0.3 is 15.4 Å². The van der Waals surface area contributed by atoms with Crippen molar-refractivity contribution in [2.75, 3.05) is 23.0 Å². The Morgan fingerprint density at radius 1 is 1.03 bits per heavy atom. The summed E-state index contributed by atoms with van der Waals surface area (Å²) in [6, 6.07) is 14.5. The fourth-order valence-corrected chi connectivity index (χ4v) is 3.38. The summed E-state index contributed by atoms with van der Waals surface area (Å²) < 4.78 is 4.78. The number of anilines is 2. The van der Waals surface area contributed by atoms with Gasteiger partial charge in [0.05, 0.1) is 12.4 Å². The maximum atomic E-state index is 11.8. The molecular weight excluding hydrogens is 408 g/mol. The van der Waals surface area contributed by atoms with Gasteiger partial charge in [0.1, 0.15) is 6.42 Å². The molecule has 0 fully saturated rings. The van der Waals surface area contributed by atoms with Crippen LogP contribution in [0.5, 0.6) is 0 Å². The van der Waals surface area contributed by atoms with Gasteiger partial charge in [-0.2, -0.15) is 0 Å². The van der Waals surface area contributed by atoms with Crippen molar-refractivity contribution in [1.29, 1.82) is 0 Å². The lowest BCUT2D eigenvalue weighted by molar-refractivity contribution is -0.145. The van der Waals surface area contributed by atoms with Crippen molar-refractivity contribution >= 4 is 58.0 Å². The van der Waals surface area contributed by atoms with Gasteiger partial charge in [-0.1, -0.05) is 6.07 Å². The second-order valence-electron chi connectivity index (χ2n) is 6.05. The Morgan fingerprint density at radius 3 is 2.38 bits per heavy atom. The Hall–Kier alpha value is -2.71. The first-order valence-electron chi connectivity index (χ1n) is 8.96. The molecule has 2 aromatic carbocycles. The van der Waals surface area contributed by atoms with Gasteiger partial charge >= 0.3 is 5.97 Å². The summed E-state index contributed by atoms with van der Waals surface area (Å²) in [7, 11) is 0. The second-order valence-corrected chi connectivity index (χ2v) is 7.51. The van der Waals surface area contributed by atoms with Crippen LogP contribution in [0.4, 0.5) is 11.4 Å². The van der Waals surface area contributed by atoms with Crippen LogP contribution in [0, 0.1) is 0 Å². The van der Waals surface area contributed by atoms with Gasteiger partial charge in [-0.15, -0.1) is 11.8 Å². The first-order chi connectivity index (χ1) is 13.9. The molecule has 8 heteroatoms. The van der Waals surface area contributed by atoms with E-state index in [1.807, 2.05) is 24.3 Å². The Balaban J connectivity index is 1.86. The van der Waals surface area contributed by atoms with E-state index < -0.39 is 5.97 Å². The van der Waals surface area contributed by atoms with E-state index in [4.69, 9.17) is 17.0 Å². The van der Waals surface area contributed by atoms with Crippen LogP contribution in [0.15, 0.2) is 53.4 Å². The fourth-order valence-electron chi connectivity index (χ4n) is 2.33. The largest absolute Gasteiger partial charge is 0.466 e. The van der Waals surface area contributed by atoms with Gasteiger partial charge in [0, 0.05) is 21.8 Å². The Bertz CT molecular complexity index is 898. The van der Waals surface area contributed by atoms with Crippen molar-refractivity contribution in [3.05, 3.63) is 54.1 Å². The van der Waals surface area contributed by atoms with E-state index in [2.05, 4.69) is 10.6 Å². The number of thiocarbonyl (C=S) groups is 1. The minimum Gasteiger partial charge on any atom is -0.466 e. The van der Waals surface area contributed by atoms with E-state index in [9.17, 15) is 14.4 Å². The molecule has 0 radical (unpaired) electrons. The lowest BCUT2D eigenvalue weighted by Crippen LogP contribution is -2.19. The summed E-state index contributed by atoms with van der Waals surface area (Å²) in [6.45, 7) is 3.49. The number of Topliss-reactive ketones (excluding diaryl/α,β-unsaturated/α-hetero) is 2. The number of thioether (sulfide) groups is 1. The van der Waals surface area contributed by atoms with E-state index >= 15 is 0 Å². The molecule has 0 aliphatic carbocycles. The molecule has 2 rings (SSSR count). The maximum Gasteiger partial charge on any atom is 0.313 e. The van der Waals surface area contributed by atoms with Crippen molar-refractivity contribution in [1.82, 2.24) is 0 Å². The standard InChI is InChI=1S/C21H22N2O4S2/c1-3-27-20(26)12-18(25)13-29-19-6-4-5-17(11-19)23-21(28)22-16-9-7-15(8-10-16)14(2)24/h4-11H,3,12-13H2,1-2H3,(H2,22,23,28). The van der Waals surface area contributed by atoms with E-state index in [1.165, 1.54) is 18.7 Å². The average molecular weight is 431 g/mol. The number of carbonyl (C=O) groups is 3. The minimum absolute atomic E-state index is 0.00676. The highest BCUT2D eigenvalue weighted by Crippen LogP contribution is 2.22. The molecule has 6 nitrogen and oxygen atoms in total. The molecule has 29 heavy (non-hydrogen) atoms. The third kappa shape index (κ3) is 8.05. The number of rotatable bonds is 9. The number of esters is 1. The third-order valence-corrected chi connectivity index (χ3v) is 4.95. The molecule has 0 amide bonds. The third-order valence-electron chi connectivity index (χ3n) is 3.69. The van der Waals surface area contributed by atoms with Gasteiger partial charge in [0.25, 0.3) is 0 Å². The molecule has 0 aliphatic rings. The molecule has 2 aromatic rings. The summed E-state index contributed by atoms with van der Waals surface area (Å²) in [4.78, 5) is 35.4. The van der Waals surface area contributed by atoms with Gasteiger partial charge in [0.15, 0.2) is 16.7 Å². The zero-order chi connectivity index (χ0) is 21.2. The van der Waals surface area contributed by atoms with Crippen LogP contribution in [-0.4, -0.2) is 35.0 Å². The van der Waals surface area contributed by atoms with Gasteiger partial charge in [-0.3, -0.25) is 14.4 Å². The lowest BCUT2D eigenvalue weighted by Gasteiger charge is -2.12. The summed E-state index contributed by atoms with van der Waals surface area (Å²) in [5.41, 5.74) is 2.17. The zero-order valence-electron chi connectivity index (χ0n) is 16.2. The number of carbonyl (C=O) groups excluding carboxylic acids is 3. The fraction of sp³-hybridized carbons (Fsp3) is 0.238. The first kappa shape index (κ1) is 22.6. The highest BCUT2D eigenvalue weighted by molar-refractivity contribution is 8.00. The molecule has 0 heterocycles. The summed E-state index contributed by atoms with van der Waals surface area (Å²) in [5, 5.41) is 6.55. The van der Waals surface area contributed by atoms with Crippen molar-refractivity contribution in [2.24, 2.45) is 0 Å². The molecule has 0 unspecified atom stereocenters. The molecule has 0 spiro atoms. The number of ether oxygens (including phenoxy) is 1. The predicted molar refractivity (Wildman–Crippen MR) is 120 cm³/mol. The zero-order valence-corrected chi connectivity index (χ0v) is 17.8. The Labute approximate surface area is 179 Å². The molecule has 2 N–H and O–H groups in total. The van der Waals surface area contributed by atoms with Crippen LogP contribution >= 0.6 is 24.0 Å². The number of benzene rings is 2. The number of hydrogen-bond acceptors (Lipinski definition) is 6. The molecule has 0 saturated carbocycles. The number of ketones is 2.